The molecule has 0 saturated heterocycles. The fourth-order valence-corrected chi connectivity index (χ4v) is 2.62. The number of hydrogen-bond donors (Lipinski definition) is 2. The first-order valence-corrected chi connectivity index (χ1v) is 8.96. The van der Waals surface area contributed by atoms with Gasteiger partial charge in [0.25, 0.3) is 0 Å². The minimum Gasteiger partial charge on any atom is -0.481 e. The summed E-state index contributed by atoms with van der Waals surface area (Å²) in [6, 6.07) is 0. The van der Waals surface area contributed by atoms with Gasteiger partial charge in [0.05, 0.1) is 12.5 Å². The van der Waals surface area contributed by atoms with E-state index in [0.717, 1.165) is 18.8 Å². The van der Waals surface area contributed by atoms with Crippen molar-refractivity contribution < 1.29 is 15.0 Å². The molecule has 0 rings (SSSR count). The van der Waals surface area contributed by atoms with E-state index in [4.69, 9.17) is 5.11 Å². The minimum atomic E-state index is -0.907. The molecule has 0 fully saturated rings. The number of aliphatic carboxylic acids is 1. The molecule has 0 aromatic rings. The first-order valence-electron chi connectivity index (χ1n) is 8.96. The van der Waals surface area contributed by atoms with Crippen molar-refractivity contribution in [2.75, 3.05) is 0 Å². The minimum absolute atomic E-state index is 0.114. The third kappa shape index (κ3) is 15.6. The van der Waals surface area contributed by atoms with E-state index >= 15 is 0 Å². The lowest BCUT2D eigenvalue weighted by molar-refractivity contribution is -0.139. The predicted octanol–water partition coefficient (Wildman–Crippen LogP) is 5.16. The maximum Gasteiger partial charge on any atom is 0.305 e. The Balaban J connectivity index is 3.14. The van der Waals surface area contributed by atoms with Crippen LogP contribution in [0.15, 0.2) is 0 Å². The SMILES string of the molecule is CCC(C)CCCCCCCCCCC[C@H](O)CC(=O)O. The lowest BCUT2D eigenvalue weighted by Crippen LogP contribution is -2.12. The third-order valence-corrected chi connectivity index (χ3v) is 4.34. The summed E-state index contributed by atoms with van der Waals surface area (Å²) in [7, 11) is 0. The fourth-order valence-electron chi connectivity index (χ4n) is 2.62. The highest BCUT2D eigenvalue weighted by Gasteiger charge is 2.08. The van der Waals surface area contributed by atoms with Gasteiger partial charge in [0.1, 0.15) is 0 Å². The molecular formula is C18H36O3. The average molecular weight is 300 g/mol. The van der Waals surface area contributed by atoms with Crippen molar-refractivity contribution in [3.63, 3.8) is 0 Å². The van der Waals surface area contributed by atoms with Crippen LogP contribution in [0.3, 0.4) is 0 Å². The highest BCUT2D eigenvalue weighted by Crippen LogP contribution is 2.15. The van der Waals surface area contributed by atoms with Gasteiger partial charge >= 0.3 is 5.97 Å². The van der Waals surface area contributed by atoms with Crippen LogP contribution in [-0.2, 0) is 4.79 Å². The van der Waals surface area contributed by atoms with E-state index in [2.05, 4.69) is 13.8 Å². The Bertz CT molecular complexity index is 241. The van der Waals surface area contributed by atoms with Crippen LogP contribution < -0.4 is 0 Å². The number of unbranched alkanes of at least 4 members (excludes halogenated alkanes) is 8. The molecule has 3 heteroatoms. The topological polar surface area (TPSA) is 57.5 Å². The van der Waals surface area contributed by atoms with Crippen molar-refractivity contribution in [3.05, 3.63) is 0 Å². The molecule has 0 aromatic carbocycles. The van der Waals surface area contributed by atoms with Crippen LogP contribution in [0.1, 0.15) is 97.3 Å². The second kappa shape index (κ2) is 14.4. The number of carboxylic acids is 1. The zero-order valence-corrected chi connectivity index (χ0v) is 14.1. The maximum atomic E-state index is 10.4. The van der Waals surface area contributed by atoms with Crippen molar-refractivity contribution in [2.24, 2.45) is 5.92 Å². The van der Waals surface area contributed by atoms with Crippen molar-refractivity contribution in [1.29, 1.82) is 0 Å². The van der Waals surface area contributed by atoms with Crippen molar-refractivity contribution in [1.82, 2.24) is 0 Å². The molecule has 0 bridgehead atoms. The van der Waals surface area contributed by atoms with Crippen LogP contribution in [0, 0.1) is 5.92 Å². The second-order valence-corrected chi connectivity index (χ2v) is 6.52. The quantitative estimate of drug-likeness (QED) is 0.411. The van der Waals surface area contributed by atoms with Crippen LogP contribution in [-0.4, -0.2) is 22.3 Å². The smallest absolute Gasteiger partial charge is 0.305 e. The molecule has 21 heavy (non-hydrogen) atoms. The summed E-state index contributed by atoms with van der Waals surface area (Å²) >= 11 is 0. The molecular weight excluding hydrogens is 264 g/mol. The molecule has 126 valence electrons. The van der Waals surface area contributed by atoms with E-state index < -0.39 is 12.1 Å². The largest absolute Gasteiger partial charge is 0.481 e. The zero-order chi connectivity index (χ0) is 15.9. The summed E-state index contributed by atoms with van der Waals surface area (Å²) in [5.41, 5.74) is 0. The molecule has 0 aromatic heterocycles. The molecule has 0 radical (unpaired) electrons. The molecule has 0 aliphatic carbocycles. The van der Waals surface area contributed by atoms with E-state index in [0.29, 0.717) is 6.42 Å². The van der Waals surface area contributed by atoms with E-state index in [1.165, 1.54) is 57.8 Å². The van der Waals surface area contributed by atoms with Crippen LogP contribution in [0.25, 0.3) is 0 Å². The zero-order valence-electron chi connectivity index (χ0n) is 14.1. The fraction of sp³-hybridized carbons (Fsp3) is 0.944. The number of hydrogen-bond acceptors (Lipinski definition) is 2. The van der Waals surface area contributed by atoms with Gasteiger partial charge in [0.2, 0.25) is 0 Å². The number of rotatable bonds is 15. The molecule has 0 amide bonds. The molecule has 1 unspecified atom stereocenters. The summed E-state index contributed by atoms with van der Waals surface area (Å²) < 4.78 is 0. The van der Waals surface area contributed by atoms with Crippen LogP contribution in [0.5, 0.6) is 0 Å². The number of aliphatic hydroxyl groups is 1. The van der Waals surface area contributed by atoms with E-state index in [-0.39, 0.29) is 6.42 Å². The number of aliphatic hydroxyl groups excluding tert-OH is 1. The van der Waals surface area contributed by atoms with E-state index in [9.17, 15) is 9.90 Å². The van der Waals surface area contributed by atoms with Crippen molar-refractivity contribution >= 4 is 5.97 Å². The Morgan fingerprint density at radius 1 is 0.857 bits per heavy atom. The summed E-state index contributed by atoms with van der Waals surface area (Å²) in [5.74, 6) is -0.0164. The average Bonchev–Trinajstić information content (AvgIpc) is 2.43. The monoisotopic (exact) mass is 300 g/mol. The Morgan fingerprint density at radius 3 is 1.71 bits per heavy atom. The molecule has 0 saturated carbocycles. The Kier molecular flexibility index (Phi) is 14.0. The van der Waals surface area contributed by atoms with Gasteiger partial charge in [-0.25, -0.2) is 0 Å². The second-order valence-electron chi connectivity index (χ2n) is 6.52. The Labute approximate surface area is 131 Å². The Hall–Kier alpha value is -0.570. The molecule has 0 aliphatic rings. The van der Waals surface area contributed by atoms with Gasteiger partial charge in [-0.2, -0.15) is 0 Å². The van der Waals surface area contributed by atoms with Gasteiger partial charge in [-0.15, -0.1) is 0 Å². The normalized spacial score (nSPS) is 14.0. The lowest BCUT2D eigenvalue weighted by atomic mass is 9.99. The first-order chi connectivity index (χ1) is 10.1. The molecule has 2 atom stereocenters. The maximum absolute atomic E-state index is 10.4. The van der Waals surface area contributed by atoms with Crippen molar-refractivity contribution in [3.8, 4) is 0 Å². The van der Waals surface area contributed by atoms with Gasteiger partial charge in [0, 0.05) is 0 Å². The standard InChI is InChI=1S/C18H36O3/c1-3-16(2)13-11-9-7-5-4-6-8-10-12-14-17(19)15-18(20)21/h16-17,19H,3-15H2,1-2H3,(H,20,21)/t16?,17-/m0/s1. The van der Waals surface area contributed by atoms with Gasteiger partial charge in [-0.05, 0) is 12.3 Å². The van der Waals surface area contributed by atoms with Gasteiger partial charge in [0.15, 0.2) is 0 Å². The summed E-state index contributed by atoms with van der Waals surface area (Å²) in [6.45, 7) is 4.61. The molecule has 2 N–H and O–H groups in total. The highest BCUT2D eigenvalue weighted by molar-refractivity contribution is 5.67. The molecule has 0 aliphatic heterocycles. The first kappa shape index (κ1) is 20.4. The van der Waals surface area contributed by atoms with Crippen LogP contribution in [0.2, 0.25) is 0 Å². The van der Waals surface area contributed by atoms with Crippen LogP contribution in [0.4, 0.5) is 0 Å². The van der Waals surface area contributed by atoms with Gasteiger partial charge in [-0.1, -0.05) is 84.5 Å². The molecule has 3 nitrogen and oxygen atoms in total. The van der Waals surface area contributed by atoms with Gasteiger partial charge in [-0.3, -0.25) is 4.79 Å². The van der Waals surface area contributed by atoms with Crippen molar-refractivity contribution in [2.45, 2.75) is 103 Å². The van der Waals surface area contributed by atoms with Gasteiger partial charge < -0.3 is 10.2 Å². The predicted molar refractivity (Wildman–Crippen MR) is 88.5 cm³/mol. The van der Waals surface area contributed by atoms with E-state index in [1.807, 2.05) is 0 Å². The van der Waals surface area contributed by atoms with Crippen LogP contribution >= 0.6 is 0 Å². The molecule has 0 spiro atoms. The molecule has 0 heterocycles. The number of carboxylic acid groups (broad SMARTS) is 1. The number of carbonyl (C=O) groups is 1. The third-order valence-electron chi connectivity index (χ3n) is 4.34. The summed E-state index contributed by atoms with van der Waals surface area (Å²) in [4.78, 5) is 10.4. The summed E-state index contributed by atoms with van der Waals surface area (Å²) in [6.07, 6.45) is 13.9. The summed E-state index contributed by atoms with van der Waals surface area (Å²) in [5, 5.41) is 17.9. The van der Waals surface area contributed by atoms with E-state index in [1.54, 1.807) is 0 Å². The highest BCUT2D eigenvalue weighted by atomic mass is 16.4. The Morgan fingerprint density at radius 2 is 1.29 bits per heavy atom. The lowest BCUT2D eigenvalue weighted by Gasteiger charge is -2.08.